The summed E-state index contributed by atoms with van der Waals surface area (Å²) in [5, 5.41) is 0. The average molecular weight is 184 g/mol. The predicted octanol–water partition coefficient (Wildman–Crippen LogP) is 2.72. The number of hydrogen-bond donors (Lipinski definition) is 0. The first-order valence-corrected chi connectivity index (χ1v) is 5.47. The molecular formula is C11H20O2. The van der Waals surface area contributed by atoms with E-state index in [-0.39, 0.29) is 5.79 Å². The van der Waals surface area contributed by atoms with E-state index in [2.05, 4.69) is 20.8 Å². The smallest absolute Gasteiger partial charge is 0.169 e. The zero-order chi connectivity index (χ0) is 9.47. The average Bonchev–Trinajstić information content (AvgIpc) is 2.26. The van der Waals surface area contributed by atoms with Crippen molar-refractivity contribution < 1.29 is 9.47 Å². The fraction of sp³-hybridized carbons (Fsp3) is 1.00. The lowest BCUT2D eigenvalue weighted by Crippen LogP contribution is -2.39. The van der Waals surface area contributed by atoms with Gasteiger partial charge in [0.2, 0.25) is 0 Å². The highest BCUT2D eigenvalue weighted by atomic mass is 16.7. The van der Waals surface area contributed by atoms with Crippen molar-refractivity contribution in [2.45, 2.75) is 64.4 Å². The van der Waals surface area contributed by atoms with Crippen LogP contribution in [0.3, 0.4) is 0 Å². The van der Waals surface area contributed by atoms with Crippen LogP contribution in [-0.2, 0) is 9.47 Å². The molecule has 2 nitrogen and oxygen atoms in total. The maximum atomic E-state index is 5.95. The Morgan fingerprint density at radius 2 is 1.92 bits per heavy atom. The monoisotopic (exact) mass is 184 g/mol. The van der Waals surface area contributed by atoms with Crippen LogP contribution in [0.25, 0.3) is 0 Å². The fourth-order valence-electron chi connectivity index (χ4n) is 2.54. The van der Waals surface area contributed by atoms with E-state index in [0.29, 0.717) is 18.1 Å². The van der Waals surface area contributed by atoms with E-state index in [4.69, 9.17) is 9.47 Å². The van der Waals surface area contributed by atoms with Gasteiger partial charge >= 0.3 is 0 Å². The number of rotatable bonds is 0. The topological polar surface area (TPSA) is 18.5 Å². The molecule has 0 saturated carbocycles. The highest BCUT2D eigenvalue weighted by molar-refractivity contribution is 4.87. The second-order valence-corrected chi connectivity index (χ2v) is 4.74. The molecule has 2 rings (SSSR count). The molecule has 2 aliphatic heterocycles. The largest absolute Gasteiger partial charge is 0.347 e. The molecule has 4 atom stereocenters. The van der Waals surface area contributed by atoms with Gasteiger partial charge in [-0.05, 0) is 32.6 Å². The van der Waals surface area contributed by atoms with Gasteiger partial charge in [-0.1, -0.05) is 6.92 Å². The van der Waals surface area contributed by atoms with E-state index in [1.54, 1.807) is 0 Å². The molecule has 0 N–H and O–H groups in total. The van der Waals surface area contributed by atoms with Gasteiger partial charge in [0.15, 0.2) is 5.79 Å². The van der Waals surface area contributed by atoms with Crippen molar-refractivity contribution in [2.24, 2.45) is 5.92 Å². The van der Waals surface area contributed by atoms with Crippen molar-refractivity contribution in [2.75, 3.05) is 0 Å². The molecule has 0 bridgehead atoms. The fourth-order valence-corrected chi connectivity index (χ4v) is 2.54. The maximum Gasteiger partial charge on any atom is 0.169 e. The molecule has 2 aliphatic rings. The van der Waals surface area contributed by atoms with Crippen molar-refractivity contribution in [3.63, 3.8) is 0 Å². The molecule has 2 fully saturated rings. The molecular weight excluding hydrogens is 164 g/mol. The van der Waals surface area contributed by atoms with Crippen molar-refractivity contribution >= 4 is 0 Å². The van der Waals surface area contributed by atoms with Gasteiger partial charge in [0, 0.05) is 12.8 Å². The van der Waals surface area contributed by atoms with Crippen LogP contribution in [-0.4, -0.2) is 18.0 Å². The van der Waals surface area contributed by atoms with Crippen LogP contribution < -0.4 is 0 Å². The van der Waals surface area contributed by atoms with Crippen LogP contribution in [0.2, 0.25) is 0 Å². The van der Waals surface area contributed by atoms with E-state index in [1.807, 2.05) is 0 Å². The molecule has 0 aromatic rings. The van der Waals surface area contributed by atoms with E-state index < -0.39 is 0 Å². The predicted molar refractivity (Wildman–Crippen MR) is 51.5 cm³/mol. The number of hydrogen-bond acceptors (Lipinski definition) is 2. The Bertz CT molecular complexity index is 175. The SMILES string of the molecule is C[C@@H]1O[C@]2(CCC[C@H](C)O2)C[C@@H]1C. The zero-order valence-electron chi connectivity index (χ0n) is 8.88. The normalized spacial score (nSPS) is 51.5. The molecule has 0 aliphatic carbocycles. The summed E-state index contributed by atoms with van der Waals surface area (Å²) in [4.78, 5) is 0. The van der Waals surface area contributed by atoms with Crippen molar-refractivity contribution in [1.29, 1.82) is 0 Å². The molecule has 0 aromatic carbocycles. The van der Waals surface area contributed by atoms with Crippen LogP contribution in [0.15, 0.2) is 0 Å². The maximum absolute atomic E-state index is 5.95. The minimum absolute atomic E-state index is 0.212. The summed E-state index contributed by atoms with van der Waals surface area (Å²) in [6.07, 6.45) is 5.36. The quantitative estimate of drug-likeness (QED) is 0.576. The molecule has 1 spiro atoms. The second kappa shape index (κ2) is 3.25. The van der Waals surface area contributed by atoms with E-state index in [1.165, 1.54) is 12.8 Å². The van der Waals surface area contributed by atoms with Gasteiger partial charge in [-0.15, -0.1) is 0 Å². The molecule has 76 valence electrons. The Hall–Kier alpha value is -0.0800. The van der Waals surface area contributed by atoms with Crippen LogP contribution in [0.5, 0.6) is 0 Å². The minimum atomic E-state index is -0.212. The Kier molecular flexibility index (Phi) is 2.37. The molecule has 2 heterocycles. The summed E-state index contributed by atoms with van der Waals surface area (Å²) >= 11 is 0. The van der Waals surface area contributed by atoms with Gasteiger partial charge in [0.1, 0.15) is 0 Å². The van der Waals surface area contributed by atoms with Gasteiger partial charge in [0.05, 0.1) is 12.2 Å². The zero-order valence-corrected chi connectivity index (χ0v) is 8.88. The Morgan fingerprint density at radius 1 is 1.15 bits per heavy atom. The summed E-state index contributed by atoms with van der Waals surface area (Å²) in [6, 6.07) is 0. The lowest BCUT2D eigenvalue weighted by Gasteiger charge is -2.36. The summed E-state index contributed by atoms with van der Waals surface area (Å²) < 4.78 is 11.9. The molecule has 0 radical (unpaired) electrons. The lowest BCUT2D eigenvalue weighted by molar-refractivity contribution is -0.264. The first kappa shape index (κ1) is 9.47. The Labute approximate surface area is 80.6 Å². The third-order valence-electron chi connectivity index (χ3n) is 3.42. The van der Waals surface area contributed by atoms with Crippen LogP contribution in [0.1, 0.15) is 46.5 Å². The number of ether oxygens (including phenoxy) is 2. The van der Waals surface area contributed by atoms with Gasteiger partial charge in [-0.3, -0.25) is 0 Å². The highest BCUT2D eigenvalue weighted by Crippen LogP contribution is 2.42. The standard InChI is InChI=1S/C11H20O2/c1-8-7-11(13-10(8)3)6-4-5-9(2)12-11/h8-10H,4-7H2,1-3H3/t8-,9-,10-,11+/m0/s1. The van der Waals surface area contributed by atoms with E-state index in [9.17, 15) is 0 Å². The van der Waals surface area contributed by atoms with Crippen LogP contribution in [0, 0.1) is 5.92 Å². The van der Waals surface area contributed by atoms with E-state index >= 15 is 0 Å². The summed E-state index contributed by atoms with van der Waals surface area (Å²) in [5.74, 6) is 0.432. The summed E-state index contributed by atoms with van der Waals surface area (Å²) in [5.41, 5.74) is 0. The third-order valence-corrected chi connectivity index (χ3v) is 3.42. The first-order chi connectivity index (χ1) is 6.11. The molecule has 0 unspecified atom stereocenters. The van der Waals surface area contributed by atoms with Gasteiger partial charge in [0.25, 0.3) is 0 Å². The molecule has 0 aromatic heterocycles. The van der Waals surface area contributed by atoms with Gasteiger partial charge in [-0.2, -0.15) is 0 Å². The van der Waals surface area contributed by atoms with Gasteiger partial charge in [-0.25, -0.2) is 0 Å². The molecule has 13 heavy (non-hydrogen) atoms. The lowest BCUT2D eigenvalue weighted by atomic mass is 9.94. The molecule has 0 amide bonds. The Balaban J connectivity index is 2.04. The van der Waals surface area contributed by atoms with Crippen molar-refractivity contribution in [3.05, 3.63) is 0 Å². The molecule has 2 heteroatoms. The molecule has 2 saturated heterocycles. The summed E-state index contributed by atoms with van der Waals surface area (Å²) in [7, 11) is 0. The second-order valence-electron chi connectivity index (χ2n) is 4.74. The van der Waals surface area contributed by atoms with E-state index in [0.717, 1.165) is 12.8 Å². The van der Waals surface area contributed by atoms with Crippen LogP contribution >= 0.6 is 0 Å². The van der Waals surface area contributed by atoms with Gasteiger partial charge < -0.3 is 9.47 Å². The van der Waals surface area contributed by atoms with Crippen molar-refractivity contribution in [3.8, 4) is 0 Å². The summed E-state index contributed by atoms with van der Waals surface area (Å²) in [6.45, 7) is 6.56. The Morgan fingerprint density at radius 3 is 2.46 bits per heavy atom. The van der Waals surface area contributed by atoms with Crippen LogP contribution in [0.4, 0.5) is 0 Å². The highest BCUT2D eigenvalue weighted by Gasteiger charge is 2.45. The third kappa shape index (κ3) is 1.75. The minimum Gasteiger partial charge on any atom is -0.347 e. The first-order valence-electron chi connectivity index (χ1n) is 5.47. The van der Waals surface area contributed by atoms with Crippen molar-refractivity contribution in [1.82, 2.24) is 0 Å².